The van der Waals surface area contributed by atoms with Crippen molar-refractivity contribution in [2.75, 3.05) is 13.2 Å². The molecule has 9 heteroatoms. The third-order valence-corrected chi connectivity index (χ3v) is 5.74. The van der Waals surface area contributed by atoms with Gasteiger partial charge in [-0.3, -0.25) is 9.59 Å². The number of imidazole rings is 1. The summed E-state index contributed by atoms with van der Waals surface area (Å²) < 4.78 is 34.7. The molecule has 1 saturated carbocycles. The molecule has 2 amide bonds. The molecule has 1 atom stereocenters. The maximum Gasteiger partial charge on any atom is 0.272 e. The van der Waals surface area contributed by atoms with Crippen molar-refractivity contribution in [3.8, 4) is 11.4 Å². The van der Waals surface area contributed by atoms with Crippen molar-refractivity contribution < 1.29 is 23.1 Å². The first-order valence-electron chi connectivity index (χ1n) is 10.9. The van der Waals surface area contributed by atoms with Crippen LogP contribution >= 0.6 is 0 Å². The molecule has 172 valence electrons. The summed E-state index contributed by atoms with van der Waals surface area (Å²) in [7, 11) is 0. The summed E-state index contributed by atoms with van der Waals surface area (Å²) >= 11 is 0. The highest BCUT2D eigenvalue weighted by Gasteiger charge is 2.37. The second-order valence-electron chi connectivity index (χ2n) is 9.43. The van der Waals surface area contributed by atoms with Gasteiger partial charge >= 0.3 is 0 Å². The van der Waals surface area contributed by atoms with Crippen LogP contribution in [0.2, 0.25) is 0 Å². The van der Waals surface area contributed by atoms with Gasteiger partial charge in [0.1, 0.15) is 17.6 Å². The van der Waals surface area contributed by atoms with Crippen LogP contribution in [0.15, 0.2) is 18.2 Å². The number of rotatable bonds is 5. The molecular weight excluding hydrogens is 418 g/mol. The van der Waals surface area contributed by atoms with Crippen LogP contribution in [0.4, 0.5) is 8.78 Å². The van der Waals surface area contributed by atoms with Gasteiger partial charge in [0.2, 0.25) is 5.91 Å². The number of amides is 2. The Balaban J connectivity index is 1.68. The SMILES string of the molecule is CC(C)(C)[C@H](NC(=O)c1nc(-c2ccc(F)c(F)c2)n2c1CCOCC2)C(=O)NC1CC1. The molecule has 1 aromatic carbocycles. The van der Waals surface area contributed by atoms with Gasteiger partial charge in [-0.05, 0) is 36.5 Å². The van der Waals surface area contributed by atoms with Crippen LogP contribution in [0.1, 0.15) is 49.8 Å². The lowest BCUT2D eigenvalue weighted by molar-refractivity contribution is -0.125. The van der Waals surface area contributed by atoms with Crippen molar-refractivity contribution in [3.63, 3.8) is 0 Å². The van der Waals surface area contributed by atoms with Gasteiger partial charge in [-0.2, -0.15) is 0 Å². The Bertz CT molecular complexity index is 1040. The van der Waals surface area contributed by atoms with E-state index in [9.17, 15) is 18.4 Å². The molecule has 2 heterocycles. The van der Waals surface area contributed by atoms with Gasteiger partial charge in [0, 0.05) is 24.6 Å². The number of hydrogen-bond acceptors (Lipinski definition) is 4. The van der Waals surface area contributed by atoms with Crippen LogP contribution in [0.5, 0.6) is 0 Å². The summed E-state index contributed by atoms with van der Waals surface area (Å²) in [4.78, 5) is 30.6. The number of benzene rings is 1. The second kappa shape index (κ2) is 8.61. The van der Waals surface area contributed by atoms with E-state index >= 15 is 0 Å². The van der Waals surface area contributed by atoms with Crippen LogP contribution in [-0.2, 0) is 22.5 Å². The molecule has 0 radical (unpaired) electrons. The molecule has 2 aromatic rings. The number of nitrogens with zero attached hydrogens (tertiary/aromatic N) is 2. The van der Waals surface area contributed by atoms with E-state index in [1.807, 2.05) is 25.3 Å². The average Bonchev–Trinajstić information content (AvgIpc) is 3.51. The fourth-order valence-corrected chi connectivity index (χ4v) is 3.83. The quantitative estimate of drug-likeness (QED) is 0.740. The highest BCUT2D eigenvalue weighted by Crippen LogP contribution is 2.27. The van der Waals surface area contributed by atoms with E-state index in [2.05, 4.69) is 15.6 Å². The summed E-state index contributed by atoms with van der Waals surface area (Å²) in [5, 5.41) is 5.82. The van der Waals surface area contributed by atoms with E-state index in [1.54, 1.807) is 0 Å². The zero-order valence-electron chi connectivity index (χ0n) is 18.5. The third kappa shape index (κ3) is 4.67. The maximum atomic E-state index is 13.9. The molecule has 1 aliphatic carbocycles. The van der Waals surface area contributed by atoms with Crippen LogP contribution in [0.3, 0.4) is 0 Å². The molecule has 2 N–H and O–H groups in total. The molecule has 2 aliphatic rings. The first-order valence-corrected chi connectivity index (χ1v) is 10.9. The van der Waals surface area contributed by atoms with Gasteiger partial charge in [-0.15, -0.1) is 0 Å². The van der Waals surface area contributed by atoms with E-state index in [0.29, 0.717) is 43.3 Å². The molecule has 0 unspecified atom stereocenters. The largest absolute Gasteiger partial charge is 0.379 e. The third-order valence-electron chi connectivity index (χ3n) is 5.74. The monoisotopic (exact) mass is 446 g/mol. The fraction of sp³-hybridized carbons (Fsp3) is 0.522. The van der Waals surface area contributed by atoms with Gasteiger partial charge in [-0.25, -0.2) is 13.8 Å². The minimum Gasteiger partial charge on any atom is -0.379 e. The van der Waals surface area contributed by atoms with Crippen molar-refractivity contribution in [2.45, 2.75) is 58.7 Å². The number of halogens is 2. The highest BCUT2D eigenvalue weighted by molar-refractivity contribution is 5.98. The van der Waals surface area contributed by atoms with Gasteiger partial charge in [-0.1, -0.05) is 20.8 Å². The van der Waals surface area contributed by atoms with Crippen LogP contribution < -0.4 is 10.6 Å². The Labute approximate surface area is 185 Å². The first-order chi connectivity index (χ1) is 15.1. The predicted molar refractivity (Wildman–Crippen MR) is 114 cm³/mol. The summed E-state index contributed by atoms with van der Waals surface area (Å²) in [5.41, 5.74) is 0.667. The van der Waals surface area contributed by atoms with Crippen molar-refractivity contribution >= 4 is 11.8 Å². The van der Waals surface area contributed by atoms with Crippen LogP contribution in [-0.4, -0.2) is 46.7 Å². The Morgan fingerprint density at radius 3 is 2.59 bits per heavy atom. The van der Waals surface area contributed by atoms with Crippen molar-refractivity contribution in [3.05, 3.63) is 41.2 Å². The van der Waals surface area contributed by atoms with Gasteiger partial charge < -0.3 is 19.9 Å². The van der Waals surface area contributed by atoms with Crippen LogP contribution in [0.25, 0.3) is 11.4 Å². The van der Waals surface area contributed by atoms with E-state index in [-0.39, 0.29) is 17.6 Å². The summed E-state index contributed by atoms with van der Waals surface area (Å²) in [6.07, 6.45) is 2.33. The minimum atomic E-state index is -0.986. The molecule has 4 rings (SSSR count). The lowest BCUT2D eigenvalue weighted by atomic mass is 9.86. The molecule has 32 heavy (non-hydrogen) atoms. The van der Waals surface area contributed by atoms with E-state index in [4.69, 9.17) is 4.74 Å². The number of hydrogen-bond donors (Lipinski definition) is 2. The molecular formula is C23H28F2N4O3. The van der Waals surface area contributed by atoms with Crippen LogP contribution in [0, 0.1) is 17.0 Å². The number of carbonyl (C=O) groups is 2. The molecule has 0 spiro atoms. The van der Waals surface area contributed by atoms with Crippen molar-refractivity contribution in [1.29, 1.82) is 0 Å². The normalized spacial score (nSPS) is 17.3. The topological polar surface area (TPSA) is 85.2 Å². The lowest BCUT2D eigenvalue weighted by Gasteiger charge is -2.30. The summed E-state index contributed by atoms with van der Waals surface area (Å²) in [6.45, 7) is 6.91. The second-order valence-corrected chi connectivity index (χ2v) is 9.43. The van der Waals surface area contributed by atoms with Crippen molar-refractivity contribution in [1.82, 2.24) is 20.2 Å². The minimum absolute atomic E-state index is 0.170. The molecule has 1 aliphatic heterocycles. The Kier molecular flexibility index (Phi) is 6.03. The summed E-state index contributed by atoms with van der Waals surface area (Å²) in [6, 6.07) is 2.96. The van der Waals surface area contributed by atoms with E-state index in [1.165, 1.54) is 6.07 Å². The van der Waals surface area contributed by atoms with Gasteiger partial charge in [0.15, 0.2) is 11.6 Å². The first kappa shape index (κ1) is 22.4. The number of ether oxygens (including phenoxy) is 1. The predicted octanol–water partition coefficient (Wildman–Crippen LogP) is 2.82. The van der Waals surface area contributed by atoms with Gasteiger partial charge in [0.25, 0.3) is 5.91 Å². The standard InChI is InChI=1S/C23H28F2N4O3/c1-23(2,3)19(22(31)26-14-5-6-14)28-21(30)18-17-8-10-32-11-9-29(17)20(27-18)13-4-7-15(24)16(25)12-13/h4,7,12,14,19H,5-6,8-11H2,1-3H3,(H,26,31)(H,28,30)/t19-/m1/s1. The van der Waals surface area contributed by atoms with Crippen molar-refractivity contribution in [2.24, 2.45) is 5.41 Å². The maximum absolute atomic E-state index is 13.9. The Hall–Kier alpha value is -2.81. The highest BCUT2D eigenvalue weighted by atomic mass is 19.2. The molecule has 7 nitrogen and oxygen atoms in total. The van der Waals surface area contributed by atoms with E-state index in [0.717, 1.165) is 25.0 Å². The van der Waals surface area contributed by atoms with E-state index < -0.39 is 29.0 Å². The lowest BCUT2D eigenvalue weighted by Crippen LogP contribution is -2.54. The molecule has 0 saturated heterocycles. The number of fused-ring (bicyclic) bond motifs is 1. The molecule has 1 aromatic heterocycles. The zero-order chi connectivity index (χ0) is 23.0. The number of aromatic nitrogens is 2. The summed E-state index contributed by atoms with van der Waals surface area (Å²) in [5.74, 6) is -2.27. The number of nitrogens with one attached hydrogen (secondary N) is 2. The molecule has 0 bridgehead atoms. The molecule has 1 fully saturated rings. The fourth-order valence-electron chi connectivity index (χ4n) is 3.83. The average molecular weight is 446 g/mol. The number of carbonyl (C=O) groups excluding carboxylic acids is 2. The Morgan fingerprint density at radius 2 is 1.94 bits per heavy atom. The van der Waals surface area contributed by atoms with Gasteiger partial charge in [0.05, 0.1) is 18.9 Å². The zero-order valence-corrected chi connectivity index (χ0v) is 18.5. The Morgan fingerprint density at radius 1 is 1.19 bits per heavy atom. The smallest absolute Gasteiger partial charge is 0.272 e.